The smallest absolute Gasteiger partial charge is 0.303 e. The first-order chi connectivity index (χ1) is 9.40. The normalized spacial score (nSPS) is 10.0. The fraction of sp³-hybridized carbons (Fsp3) is 0.286. The molecule has 0 unspecified atom stereocenters. The minimum atomic E-state index is -1.04. The molecule has 0 heterocycles. The van der Waals surface area contributed by atoms with Gasteiger partial charge < -0.3 is 10.2 Å². The second-order valence-corrected chi connectivity index (χ2v) is 4.21. The van der Waals surface area contributed by atoms with Gasteiger partial charge >= 0.3 is 11.9 Å². The van der Waals surface area contributed by atoms with Gasteiger partial charge in [0.05, 0.1) is 12.8 Å². The van der Waals surface area contributed by atoms with E-state index in [4.69, 9.17) is 10.2 Å². The molecule has 0 atom stereocenters. The number of carboxylic acid groups (broad SMARTS) is 2. The van der Waals surface area contributed by atoms with Crippen LogP contribution < -0.4 is 0 Å². The highest BCUT2D eigenvalue weighted by atomic mass is 16.4. The fourth-order valence-electron chi connectivity index (χ4n) is 1.57. The Labute approximate surface area is 115 Å². The summed E-state index contributed by atoms with van der Waals surface area (Å²) in [7, 11) is 0. The van der Waals surface area contributed by atoms with Crippen molar-refractivity contribution in [2.24, 2.45) is 0 Å². The molecule has 0 radical (unpaired) electrons. The first-order valence-electron chi connectivity index (χ1n) is 6.00. The molecular formula is C14H14O6. The van der Waals surface area contributed by atoms with Crippen molar-refractivity contribution in [2.75, 3.05) is 0 Å². The number of rotatable bonds is 8. The highest BCUT2D eigenvalue weighted by Gasteiger charge is 2.11. The number of carbonyl (C=O) groups is 4. The van der Waals surface area contributed by atoms with Gasteiger partial charge in [-0.1, -0.05) is 24.3 Å². The summed E-state index contributed by atoms with van der Waals surface area (Å²) in [4.78, 5) is 44.0. The van der Waals surface area contributed by atoms with Gasteiger partial charge in [-0.3, -0.25) is 19.2 Å². The van der Waals surface area contributed by atoms with Crippen LogP contribution in [0.1, 0.15) is 46.4 Å². The predicted octanol–water partition coefficient (Wildman–Crippen LogP) is 1.78. The molecule has 0 bridgehead atoms. The standard InChI is InChI=1S/C14H14O6/c15-11(5-7-13(17)18)9-1-2-10(4-3-9)12(16)6-8-14(19)20/h1-4H,5-8H2,(H,17,18)(H,19,20). The maximum absolute atomic E-state index is 11.6. The lowest BCUT2D eigenvalue weighted by molar-refractivity contribution is -0.137. The lowest BCUT2D eigenvalue weighted by atomic mass is 10.0. The van der Waals surface area contributed by atoms with Gasteiger partial charge in [0.2, 0.25) is 0 Å². The summed E-state index contributed by atoms with van der Waals surface area (Å²) in [6.45, 7) is 0. The van der Waals surface area contributed by atoms with Gasteiger partial charge in [-0.05, 0) is 0 Å². The van der Waals surface area contributed by atoms with E-state index in [0.717, 1.165) is 0 Å². The van der Waals surface area contributed by atoms with E-state index in [1.54, 1.807) is 0 Å². The summed E-state index contributed by atoms with van der Waals surface area (Å²) >= 11 is 0. The number of hydrogen-bond acceptors (Lipinski definition) is 4. The molecule has 6 nitrogen and oxygen atoms in total. The zero-order valence-electron chi connectivity index (χ0n) is 10.7. The quantitative estimate of drug-likeness (QED) is 0.701. The molecule has 0 amide bonds. The summed E-state index contributed by atoms with van der Waals surface area (Å²) in [5.41, 5.74) is 0.669. The van der Waals surface area contributed by atoms with E-state index in [1.165, 1.54) is 24.3 Å². The molecule has 0 aliphatic carbocycles. The van der Waals surface area contributed by atoms with E-state index in [1.807, 2.05) is 0 Å². The zero-order valence-corrected chi connectivity index (χ0v) is 10.7. The highest BCUT2D eigenvalue weighted by Crippen LogP contribution is 2.11. The topological polar surface area (TPSA) is 109 Å². The van der Waals surface area contributed by atoms with Crippen molar-refractivity contribution in [1.29, 1.82) is 0 Å². The Morgan fingerprint density at radius 1 is 0.650 bits per heavy atom. The molecule has 1 rings (SSSR count). The molecule has 0 aliphatic rings. The van der Waals surface area contributed by atoms with Gasteiger partial charge in [0.25, 0.3) is 0 Å². The predicted molar refractivity (Wildman–Crippen MR) is 68.8 cm³/mol. The van der Waals surface area contributed by atoms with E-state index in [9.17, 15) is 19.2 Å². The Morgan fingerprint density at radius 2 is 0.950 bits per heavy atom. The number of Topliss-reactive ketones (excluding diaryl/α,β-unsaturated/α-hetero) is 2. The van der Waals surface area contributed by atoms with Crippen molar-refractivity contribution in [3.05, 3.63) is 35.4 Å². The van der Waals surface area contributed by atoms with Gasteiger partial charge in [-0.25, -0.2) is 0 Å². The molecule has 2 N–H and O–H groups in total. The number of carbonyl (C=O) groups excluding carboxylic acids is 2. The van der Waals surface area contributed by atoms with Crippen LogP contribution in [-0.4, -0.2) is 33.7 Å². The molecule has 20 heavy (non-hydrogen) atoms. The van der Waals surface area contributed by atoms with Crippen LogP contribution in [0.15, 0.2) is 24.3 Å². The van der Waals surface area contributed by atoms with Crippen LogP contribution in [0.3, 0.4) is 0 Å². The molecule has 6 heteroatoms. The van der Waals surface area contributed by atoms with Crippen LogP contribution in [0.4, 0.5) is 0 Å². The molecule has 1 aromatic carbocycles. The van der Waals surface area contributed by atoms with E-state index in [0.29, 0.717) is 11.1 Å². The van der Waals surface area contributed by atoms with E-state index in [2.05, 4.69) is 0 Å². The fourth-order valence-corrected chi connectivity index (χ4v) is 1.57. The summed E-state index contributed by atoms with van der Waals surface area (Å²) in [6.07, 6.45) is -0.667. The Morgan fingerprint density at radius 3 is 1.20 bits per heavy atom. The van der Waals surface area contributed by atoms with Crippen LogP contribution in [0.25, 0.3) is 0 Å². The number of aliphatic carboxylic acids is 2. The Hall–Kier alpha value is -2.50. The number of ketones is 2. The molecule has 0 aliphatic heterocycles. The summed E-state index contributed by atoms with van der Waals surface area (Å²) < 4.78 is 0. The van der Waals surface area contributed by atoms with Crippen molar-refractivity contribution >= 4 is 23.5 Å². The third kappa shape index (κ3) is 5.01. The van der Waals surface area contributed by atoms with Crippen molar-refractivity contribution < 1.29 is 29.4 Å². The van der Waals surface area contributed by atoms with Gasteiger partial charge in [-0.2, -0.15) is 0 Å². The average molecular weight is 278 g/mol. The second kappa shape index (κ2) is 7.18. The third-order valence-corrected chi connectivity index (χ3v) is 2.66. The SMILES string of the molecule is O=C(O)CCC(=O)c1ccc(C(=O)CCC(=O)O)cc1. The molecule has 0 saturated heterocycles. The Kier molecular flexibility index (Phi) is 5.58. The lowest BCUT2D eigenvalue weighted by Gasteiger charge is -2.02. The Bertz CT molecular complexity index is 480. The first-order valence-corrected chi connectivity index (χ1v) is 6.00. The maximum Gasteiger partial charge on any atom is 0.303 e. The van der Waals surface area contributed by atoms with Gasteiger partial charge in [0, 0.05) is 24.0 Å². The van der Waals surface area contributed by atoms with Crippen molar-refractivity contribution in [3.63, 3.8) is 0 Å². The van der Waals surface area contributed by atoms with Gasteiger partial charge in [0.15, 0.2) is 11.6 Å². The molecule has 0 saturated carbocycles. The van der Waals surface area contributed by atoms with Gasteiger partial charge in [0.1, 0.15) is 0 Å². The highest BCUT2D eigenvalue weighted by molar-refractivity contribution is 6.00. The molecule has 1 aromatic rings. The van der Waals surface area contributed by atoms with Crippen molar-refractivity contribution in [1.82, 2.24) is 0 Å². The van der Waals surface area contributed by atoms with Crippen molar-refractivity contribution in [3.8, 4) is 0 Å². The minimum absolute atomic E-state index is 0.0956. The zero-order chi connectivity index (χ0) is 15.1. The van der Waals surface area contributed by atoms with Crippen molar-refractivity contribution in [2.45, 2.75) is 25.7 Å². The summed E-state index contributed by atoms with van der Waals surface area (Å²) in [5.74, 6) is -2.70. The Balaban J connectivity index is 2.63. The monoisotopic (exact) mass is 278 g/mol. The molecule has 0 aromatic heterocycles. The minimum Gasteiger partial charge on any atom is -0.481 e. The van der Waals surface area contributed by atoms with Crippen LogP contribution in [0.5, 0.6) is 0 Å². The lowest BCUT2D eigenvalue weighted by Crippen LogP contribution is -2.06. The first kappa shape index (κ1) is 15.6. The second-order valence-electron chi connectivity index (χ2n) is 4.21. The molecule has 106 valence electrons. The number of benzene rings is 1. The summed E-state index contributed by atoms with van der Waals surface area (Å²) in [5, 5.41) is 17.0. The van der Waals surface area contributed by atoms with E-state index < -0.39 is 11.9 Å². The molecule has 0 spiro atoms. The number of carboxylic acids is 2. The largest absolute Gasteiger partial charge is 0.481 e. The number of hydrogen-bond donors (Lipinski definition) is 2. The van der Waals surface area contributed by atoms with Gasteiger partial charge in [-0.15, -0.1) is 0 Å². The van der Waals surface area contributed by atoms with E-state index in [-0.39, 0.29) is 37.2 Å². The van der Waals surface area contributed by atoms with Crippen LogP contribution in [0.2, 0.25) is 0 Å². The summed E-state index contributed by atoms with van der Waals surface area (Å²) in [6, 6.07) is 5.77. The maximum atomic E-state index is 11.6. The molecule has 0 fully saturated rings. The average Bonchev–Trinajstić information content (AvgIpc) is 2.42. The van der Waals surface area contributed by atoms with Crippen LogP contribution in [-0.2, 0) is 9.59 Å². The molecular weight excluding hydrogens is 264 g/mol. The van der Waals surface area contributed by atoms with Crippen LogP contribution >= 0.6 is 0 Å². The van der Waals surface area contributed by atoms with Crippen LogP contribution in [0, 0.1) is 0 Å². The van der Waals surface area contributed by atoms with E-state index >= 15 is 0 Å². The third-order valence-electron chi connectivity index (χ3n) is 2.66.